The van der Waals surface area contributed by atoms with Crippen LogP contribution in [0.15, 0.2) is 41.8 Å². The van der Waals surface area contributed by atoms with E-state index in [1.54, 1.807) is 35.3 Å². The van der Waals surface area contributed by atoms with E-state index in [0.717, 1.165) is 16.1 Å². The number of carbonyl (C=O) groups excluding carboxylic acids is 1. The van der Waals surface area contributed by atoms with Crippen LogP contribution in [0.2, 0.25) is 0 Å². The fourth-order valence-corrected chi connectivity index (χ4v) is 2.68. The summed E-state index contributed by atoms with van der Waals surface area (Å²) in [5, 5.41) is 14.4. The van der Waals surface area contributed by atoms with E-state index < -0.39 is 6.10 Å². The number of carbonyl (C=O) groups is 1. The van der Waals surface area contributed by atoms with Crippen molar-refractivity contribution >= 4 is 23.1 Å². The summed E-state index contributed by atoms with van der Waals surface area (Å²) in [5.41, 5.74) is 1.56. The van der Waals surface area contributed by atoms with Crippen molar-refractivity contribution in [3.05, 3.63) is 52.2 Å². The van der Waals surface area contributed by atoms with Crippen LogP contribution < -0.4 is 5.32 Å². The maximum atomic E-state index is 12.3. The molecule has 0 fully saturated rings. The van der Waals surface area contributed by atoms with Gasteiger partial charge in [-0.25, -0.2) is 4.79 Å². The number of urea groups is 1. The fraction of sp³-hybridized carbons (Fsp3) is 0.312. The molecule has 0 aliphatic heterocycles. The molecular weight excluding hydrogens is 284 g/mol. The molecule has 1 aromatic heterocycles. The number of aliphatic hydroxyl groups excluding tert-OH is 1. The van der Waals surface area contributed by atoms with Gasteiger partial charge in [0.25, 0.3) is 0 Å². The Balaban J connectivity index is 1.98. The first-order valence-electron chi connectivity index (χ1n) is 6.96. The molecule has 2 N–H and O–H groups in total. The molecule has 0 bridgehead atoms. The van der Waals surface area contributed by atoms with Gasteiger partial charge in [-0.3, -0.25) is 0 Å². The van der Waals surface area contributed by atoms with Crippen molar-refractivity contribution in [1.29, 1.82) is 0 Å². The maximum Gasteiger partial charge on any atom is 0.322 e. The molecule has 0 saturated heterocycles. The van der Waals surface area contributed by atoms with E-state index in [0.29, 0.717) is 13.1 Å². The minimum Gasteiger partial charge on any atom is -0.389 e. The van der Waals surface area contributed by atoms with Crippen LogP contribution in [0.1, 0.15) is 30.4 Å². The third-order valence-electron chi connectivity index (χ3n) is 3.24. The molecule has 2 rings (SSSR count). The van der Waals surface area contributed by atoms with Gasteiger partial charge in [-0.05, 0) is 43.0 Å². The number of hydrogen-bond acceptors (Lipinski definition) is 3. The molecule has 5 heteroatoms. The zero-order chi connectivity index (χ0) is 15.2. The summed E-state index contributed by atoms with van der Waals surface area (Å²) in [4.78, 5) is 15.2. The average Bonchev–Trinajstić information content (AvgIpc) is 2.98. The van der Waals surface area contributed by atoms with E-state index in [2.05, 4.69) is 5.32 Å². The summed E-state index contributed by atoms with van der Waals surface area (Å²) in [6.45, 7) is 4.94. The monoisotopic (exact) mass is 304 g/mol. The normalized spacial score (nSPS) is 12.0. The molecule has 1 unspecified atom stereocenters. The summed E-state index contributed by atoms with van der Waals surface area (Å²) in [5.74, 6) is 0. The van der Waals surface area contributed by atoms with Gasteiger partial charge in [0.1, 0.15) is 0 Å². The van der Waals surface area contributed by atoms with Crippen molar-refractivity contribution in [2.45, 2.75) is 26.5 Å². The van der Waals surface area contributed by atoms with E-state index in [1.165, 1.54) is 0 Å². The molecule has 0 radical (unpaired) electrons. The van der Waals surface area contributed by atoms with E-state index in [4.69, 9.17) is 0 Å². The summed E-state index contributed by atoms with van der Waals surface area (Å²) in [7, 11) is 0. The van der Waals surface area contributed by atoms with Gasteiger partial charge in [0.2, 0.25) is 0 Å². The molecule has 0 aliphatic rings. The highest BCUT2D eigenvalue weighted by atomic mass is 32.1. The Kier molecular flexibility index (Phi) is 5.36. The average molecular weight is 304 g/mol. The molecule has 4 nitrogen and oxygen atoms in total. The topological polar surface area (TPSA) is 52.6 Å². The van der Waals surface area contributed by atoms with Crippen molar-refractivity contribution in [2.75, 3.05) is 11.9 Å². The molecule has 2 amide bonds. The number of nitrogens with zero attached hydrogens (tertiary/aromatic N) is 1. The summed E-state index contributed by atoms with van der Waals surface area (Å²) in [6, 6.07) is 11.1. The van der Waals surface area contributed by atoms with Gasteiger partial charge < -0.3 is 15.3 Å². The zero-order valence-electron chi connectivity index (χ0n) is 12.2. The molecule has 0 saturated carbocycles. The van der Waals surface area contributed by atoms with Crippen LogP contribution in [0.5, 0.6) is 0 Å². The number of nitrogens with one attached hydrogen (secondary N) is 1. The van der Waals surface area contributed by atoms with Crippen LogP contribution in [-0.4, -0.2) is 22.6 Å². The van der Waals surface area contributed by atoms with E-state index in [1.807, 2.05) is 36.6 Å². The van der Waals surface area contributed by atoms with E-state index in [9.17, 15) is 9.90 Å². The lowest BCUT2D eigenvalue weighted by Crippen LogP contribution is -2.34. The van der Waals surface area contributed by atoms with Gasteiger partial charge in [0.05, 0.1) is 12.6 Å². The Morgan fingerprint density at radius 3 is 2.57 bits per heavy atom. The van der Waals surface area contributed by atoms with Crippen molar-refractivity contribution in [3.63, 3.8) is 0 Å². The highest BCUT2D eigenvalue weighted by Gasteiger charge is 2.13. The number of amides is 2. The molecular formula is C16H20N2O2S. The standard InChI is InChI=1S/C16H20N2O2S/c1-3-18(11-15-5-4-10-21-15)16(20)17-14-8-6-13(7-9-14)12(2)19/h4-10,12,19H,3,11H2,1-2H3,(H,17,20). The van der Waals surface area contributed by atoms with Crippen LogP contribution in [-0.2, 0) is 6.54 Å². The smallest absolute Gasteiger partial charge is 0.322 e. The predicted molar refractivity (Wildman–Crippen MR) is 86.5 cm³/mol. The number of thiophene rings is 1. The molecule has 112 valence electrons. The fourth-order valence-electron chi connectivity index (χ4n) is 1.97. The van der Waals surface area contributed by atoms with Crippen LogP contribution >= 0.6 is 11.3 Å². The first-order chi connectivity index (χ1) is 10.1. The SMILES string of the molecule is CCN(Cc1cccs1)C(=O)Nc1ccc(C(C)O)cc1. The van der Waals surface area contributed by atoms with Gasteiger partial charge in [0, 0.05) is 17.1 Å². The Morgan fingerprint density at radius 1 is 1.33 bits per heavy atom. The quantitative estimate of drug-likeness (QED) is 0.881. The summed E-state index contributed by atoms with van der Waals surface area (Å²) >= 11 is 1.65. The van der Waals surface area contributed by atoms with E-state index >= 15 is 0 Å². The first-order valence-corrected chi connectivity index (χ1v) is 7.84. The second-order valence-corrected chi connectivity index (χ2v) is 5.85. The van der Waals surface area contributed by atoms with Gasteiger partial charge >= 0.3 is 6.03 Å². The predicted octanol–water partition coefficient (Wildman–Crippen LogP) is 3.86. The maximum absolute atomic E-state index is 12.3. The summed E-state index contributed by atoms with van der Waals surface area (Å²) in [6.07, 6.45) is -0.499. The lowest BCUT2D eigenvalue weighted by Gasteiger charge is -2.20. The number of anilines is 1. The lowest BCUT2D eigenvalue weighted by molar-refractivity contribution is 0.199. The number of rotatable bonds is 5. The van der Waals surface area contributed by atoms with Crippen molar-refractivity contribution in [2.24, 2.45) is 0 Å². The summed E-state index contributed by atoms with van der Waals surface area (Å²) < 4.78 is 0. The number of benzene rings is 1. The zero-order valence-corrected chi connectivity index (χ0v) is 13.1. The van der Waals surface area contributed by atoms with Gasteiger partial charge in [-0.15, -0.1) is 11.3 Å². The largest absolute Gasteiger partial charge is 0.389 e. The van der Waals surface area contributed by atoms with Crippen molar-refractivity contribution in [1.82, 2.24) is 4.90 Å². The van der Waals surface area contributed by atoms with Crippen molar-refractivity contribution in [3.8, 4) is 0 Å². The number of hydrogen-bond donors (Lipinski definition) is 2. The minimum absolute atomic E-state index is 0.115. The van der Waals surface area contributed by atoms with Gasteiger partial charge in [-0.2, -0.15) is 0 Å². The van der Waals surface area contributed by atoms with Crippen LogP contribution in [0.4, 0.5) is 10.5 Å². The Bertz CT molecular complexity index is 564. The Hall–Kier alpha value is -1.85. The molecule has 1 aromatic carbocycles. The molecule has 2 aromatic rings. The lowest BCUT2D eigenvalue weighted by atomic mass is 10.1. The molecule has 1 heterocycles. The molecule has 0 spiro atoms. The Morgan fingerprint density at radius 2 is 2.05 bits per heavy atom. The minimum atomic E-state index is -0.499. The van der Waals surface area contributed by atoms with Crippen LogP contribution in [0.3, 0.4) is 0 Å². The highest BCUT2D eigenvalue weighted by Crippen LogP contribution is 2.17. The first kappa shape index (κ1) is 15.5. The molecule has 1 atom stereocenters. The third-order valence-corrected chi connectivity index (χ3v) is 4.10. The molecule has 0 aliphatic carbocycles. The van der Waals surface area contributed by atoms with Gasteiger partial charge in [0.15, 0.2) is 0 Å². The second kappa shape index (κ2) is 7.24. The third kappa shape index (κ3) is 4.31. The van der Waals surface area contributed by atoms with Crippen LogP contribution in [0.25, 0.3) is 0 Å². The van der Waals surface area contributed by atoms with E-state index in [-0.39, 0.29) is 6.03 Å². The van der Waals surface area contributed by atoms with Gasteiger partial charge in [-0.1, -0.05) is 18.2 Å². The Labute approximate surface area is 129 Å². The highest BCUT2D eigenvalue weighted by molar-refractivity contribution is 7.09. The van der Waals surface area contributed by atoms with Crippen molar-refractivity contribution < 1.29 is 9.90 Å². The molecule has 21 heavy (non-hydrogen) atoms. The second-order valence-electron chi connectivity index (χ2n) is 4.82. The van der Waals surface area contributed by atoms with Crippen LogP contribution in [0, 0.1) is 0 Å². The number of aliphatic hydroxyl groups is 1.